The summed E-state index contributed by atoms with van der Waals surface area (Å²) in [5.41, 5.74) is 1.61. The molecule has 1 atom stereocenters. The van der Waals surface area contributed by atoms with Gasteiger partial charge in [0.1, 0.15) is 6.10 Å². The molecule has 2 N–H and O–H groups in total. The molecule has 1 aliphatic rings. The predicted molar refractivity (Wildman–Crippen MR) is 102 cm³/mol. The van der Waals surface area contributed by atoms with E-state index in [4.69, 9.17) is 4.74 Å². The van der Waals surface area contributed by atoms with Gasteiger partial charge in [0.15, 0.2) is 0 Å². The molecule has 1 aromatic carbocycles. The molecule has 0 spiro atoms. The van der Waals surface area contributed by atoms with E-state index >= 15 is 0 Å². The first-order chi connectivity index (χ1) is 13.1. The predicted octanol–water partition coefficient (Wildman–Crippen LogP) is 2.79. The van der Waals surface area contributed by atoms with Crippen LogP contribution in [0.2, 0.25) is 0 Å². The number of carbonyl (C=O) groups is 2. The average Bonchev–Trinajstić information content (AvgIpc) is 3.16. The molecule has 0 saturated carbocycles. The number of anilines is 1. The van der Waals surface area contributed by atoms with Crippen LogP contribution in [0.4, 0.5) is 10.5 Å². The topological polar surface area (TPSA) is 83.6 Å². The average molecular weight is 368 g/mol. The highest BCUT2D eigenvalue weighted by atomic mass is 16.5. The molecule has 3 amide bonds. The van der Waals surface area contributed by atoms with E-state index in [1.54, 1.807) is 18.3 Å². The Bertz CT molecular complexity index is 765. The summed E-state index contributed by atoms with van der Waals surface area (Å²) < 4.78 is 5.83. The molecule has 0 aliphatic carbocycles. The molecule has 2 aromatic rings. The van der Waals surface area contributed by atoms with E-state index in [1.807, 2.05) is 42.2 Å². The molecular weight excluding hydrogens is 344 g/mol. The Balaban J connectivity index is 1.44. The summed E-state index contributed by atoms with van der Waals surface area (Å²) in [6.45, 7) is 3.63. The van der Waals surface area contributed by atoms with Crippen LogP contribution in [-0.4, -0.2) is 41.0 Å². The van der Waals surface area contributed by atoms with Crippen molar-refractivity contribution in [1.29, 1.82) is 0 Å². The number of benzene rings is 1. The third-order valence-corrected chi connectivity index (χ3v) is 4.38. The number of nitrogens with one attached hydrogen (secondary N) is 2. The van der Waals surface area contributed by atoms with Gasteiger partial charge in [0.05, 0.1) is 18.4 Å². The summed E-state index contributed by atoms with van der Waals surface area (Å²) in [5, 5.41) is 5.54. The van der Waals surface area contributed by atoms with Crippen molar-refractivity contribution in [2.24, 2.45) is 0 Å². The SMILES string of the molecule is CCC(=O)N1CCC(Oc2ccc(NC(=O)NCc3ccccc3)cn2)C1. The maximum atomic E-state index is 12.0. The lowest BCUT2D eigenvalue weighted by Gasteiger charge is -2.16. The maximum Gasteiger partial charge on any atom is 0.319 e. The molecule has 1 aromatic heterocycles. The minimum Gasteiger partial charge on any atom is -0.472 e. The van der Waals surface area contributed by atoms with Crippen molar-refractivity contribution in [3.8, 4) is 5.88 Å². The number of aromatic nitrogens is 1. The molecule has 7 nitrogen and oxygen atoms in total. The van der Waals surface area contributed by atoms with Crippen LogP contribution in [0.3, 0.4) is 0 Å². The van der Waals surface area contributed by atoms with Crippen molar-refractivity contribution in [2.45, 2.75) is 32.4 Å². The molecule has 1 unspecified atom stereocenters. The van der Waals surface area contributed by atoms with E-state index < -0.39 is 0 Å². The van der Waals surface area contributed by atoms with Gasteiger partial charge in [-0.3, -0.25) is 4.79 Å². The number of hydrogen-bond donors (Lipinski definition) is 2. The Hall–Kier alpha value is -3.09. The molecule has 7 heteroatoms. The quantitative estimate of drug-likeness (QED) is 0.821. The molecular formula is C20H24N4O3. The second-order valence-corrected chi connectivity index (χ2v) is 6.40. The van der Waals surface area contributed by atoms with Crippen molar-refractivity contribution < 1.29 is 14.3 Å². The van der Waals surface area contributed by atoms with Gasteiger partial charge in [0.25, 0.3) is 0 Å². The lowest BCUT2D eigenvalue weighted by Crippen LogP contribution is -2.30. The van der Waals surface area contributed by atoms with Crippen LogP contribution in [0.5, 0.6) is 5.88 Å². The minimum atomic E-state index is -0.293. The molecule has 1 fully saturated rings. The number of pyridine rings is 1. The number of likely N-dealkylation sites (tertiary alicyclic amines) is 1. The number of nitrogens with zero attached hydrogens (tertiary/aromatic N) is 2. The van der Waals surface area contributed by atoms with Crippen LogP contribution in [0, 0.1) is 0 Å². The van der Waals surface area contributed by atoms with Crippen molar-refractivity contribution in [2.75, 3.05) is 18.4 Å². The van der Waals surface area contributed by atoms with Crippen LogP contribution in [0.25, 0.3) is 0 Å². The first-order valence-electron chi connectivity index (χ1n) is 9.13. The Morgan fingerprint density at radius 1 is 1.22 bits per heavy atom. The number of urea groups is 1. The van der Waals surface area contributed by atoms with Gasteiger partial charge in [-0.05, 0) is 11.6 Å². The van der Waals surface area contributed by atoms with Crippen LogP contribution in [-0.2, 0) is 11.3 Å². The second kappa shape index (κ2) is 9.02. The molecule has 27 heavy (non-hydrogen) atoms. The normalized spacial score (nSPS) is 16.0. The standard InChI is InChI=1S/C20H24N4O3/c1-2-19(25)24-11-10-17(14-24)27-18-9-8-16(13-21-18)23-20(26)22-12-15-6-4-3-5-7-15/h3-9,13,17H,2,10-12,14H2,1H3,(H2,22,23,26). The van der Waals surface area contributed by atoms with Gasteiger partial charge < -0.3 is 20.3 Å². The third-order valence-electron chi connectivity index (χ3n) is 4.38. The largest absolute Gasteiger partial charge is 0.472 e. The van der Waals surface area contributed by atoms with Crippen molar-refractivity contribution in [3.05, 3.63) is 54.2 Å². The lowest BCUT2D eigenvalue weighted by atomic mass is 10.2. The van der Waals surface area contributed by atoms with Gasteiger partial charge in [-0.25, -0.2) is 9.78 Å². The Labute approximate surface area is 158 Å². The number of amides is 3. The van der Waals surface area contributed by atoms with Crippen molar-refractivity contribution >= 4 is 17.6 Å². The lowest BCUT2D eigenvalue weighted by molar-refractivity contribution is -0.130. The fourth-order valence-electron chi connectivity index (χ4n) is 2.92. The number of carbonyl (C=O) groups excluding carboxylic acids is 2. The Kier molecular flexibility index (Phi) is 6.25. The summed E-state index contributed by atoms with van der Waals surface area (Å²) in [6, 6.07) is 12.9. The van der Waals surface area contributed by atoms with Gasteiger partial charge in [-0.15, -0.1) is 0 Å². The van der Waals surface area contributed by atoms with E-state index in [0.717, 1.165) is 18.5 Å². The zero-order valence-electron chi connectivity index (χ0n) is 15.4. The van der Waals surface area contributed by atoms with Crippen LogP contribution >= 0.6 is 0 Å². The highest BCUT2D eigenvalue weighted by Gasteiger charge is 2.26. The van der Waals surface area contributed by atoms with Crippen LogP contribution in [0.1, 0.15) is 25.3 Å². The zero-order valence-corrected chi connectivity index (χ0v) is 15.4. The fraction of sp³-hybridized carbons (Fsp3) is 0.350. The Morgan fingerprint density at radius 2 is 2.04 bits per heavy atom. The fourth-order valence-corrected chi connectivity index (χ4v) is 2.92. The van der Waals surface area contributed by atoms with Gasteiger partial charge in [0.2, 0.25) is 11.8 Å². The second-order valence-electron chi connectivity index (χ2n) is 6.40. The summed E-state index contributed by atoms with van der Waals surface area (Å²) in [7, 11) is 0. The highest BCUT2D eigenvalue weighted by molar-refractivity contribution is 5.88. The summed E-state index contributed by atoms with van der Waals surface area (Å²) in [6.07, 6.45) is 2.83. The van der Waals surface area contributed by atoms with E-state index in [9.17, 15) is 9.59 Å². The smallest absolute Gasteiger partial charge is 0.319 e. The highest BCUT2D eigenvalue weighted by Crippen LogP contribution is 2.18. The molecule has 1 aliphatic heterocycles. The zero-order chi connectivity index (χ0) is 19.1. The maximum absolute atomic E-state index is 12.0. The van der Waals surface area contributed by atoms with E-state index in [2.05, 4.69) is 15.6 Å². The first kappa shape index (κ1) is 18.7. The number of rotatable bonds is 6. The molecule has 1 saturated heterocycles. The van der Waals surface area contributed by atoms with Crippen molar-refractivity contribution in [3.63, 3.8) is 0 Å². The monoisotopic (exact) mass is 368 g/mol. The van der Waals surface area contributed by atoms with E-state index in [0.29, 0.717) is 31.1 Å². The van der Waals surface area contributed by atoms with E-state index in [1.165, 1.54) is 0 Å². The summed E-state index contributed by atoms with van der Waals surface area (Å²) in [4.78, 5) is 29.7. The van der Waals surface area contributed by atoms with Crippen LogP contribution in [0.15, 0.2) is 48.7 Å². The number of ether oxygens (including phenoxy) is 1. The molecule has 3 rings (SSSR count). The first-order valence-corrected chi connectivity index (χ1v) is 9.13. The summed E-state index contributed by atoms with van der Waals surface area (Å²) >= 11 is 0. The minimum absolute atomic E-state index is 0.0408. The van der Waals surface area contributed by atoms with E-state index in [-0.39, 0.29) is 18.0 Å². The summed E-state index contributed by atoms with van der Waals surface area (Å²) in [5.74, 6) is 0.635. The van der Waals surface area contributed by atoms with Gasteiger partial charge in [-0.1, -0.05) is 37.3 Å². The molecule has 142 valence electrons. The van der Waals surface area contributed by atoms with Crippen molar-refractivity contribution in [1.82, 2.24) is 15.2 Å². The van der Waals surface area contributed by atoms with Crippen LogP contribution < -0.4 is 15.4 Å². The third kappa shape index (κ3) is 5.44. The van der Waals surface area contributed by atoms with Gasteiger partial charge in [-0.2, -0.15) is 0 Å². The Morgan fingerprint density at radius 3 is 2.74 bits per heavy atom. The molecule has 2 heterocycles. The molecule has 0 radical (unpaired) electrons. The van der Waals surface area contributed by atoms with Gasteiger partial charge in [0, 0.05) is 32.0 Å². The molecule has 0 bridgehead atoms. The van der Waals surface area contributed by atoms with Gasteiger partial charge >= 0.3 is 6.03 Å². The number of hydrogen-bond acceptors (Lipinski definition) is 4.